The molecule has 0 aromatic rings. The van der Waals surface area contributed by atoms with Crippen molar-refractivity contribution in [1.29, 1.82) is 0 Å². The summed E-state index contributed by atoms with van der Waals surface area (Å²) in [5, 5.41) is 1.13. The first-order chi connectivity index (χ1) is 6.85. The summed E-state index contributed by atoms with van der Waals surface area (Å²) in [5.41, 5.74) is 0.479. The van der Waals surface area contributed by atoms with Crippen molar-refractivity contribution in [2.75, 3.05) is 18.5 Å². The Kier molecular flexibility index (Phi) is 3.89. The lowest BCUT2D eigenvalue weighted by Crippen LogP contribution is -2.31. The minimum atomic E-state index is 0.479. The Hall–Kier alpha value is 0.440. The highest BCUT2D eigenvalue weighted by molar-refractivity contribution is 9.09. The number of ether oxygens (including phenoxy) is 1. The van der Waals surface area contributed by atoms with Crippen LogP contribution in [-0.2, 0) is 4.74 Å². The van der Waals surface area contributed by atoms with Crippen LogP contribution in [0.3, 0.4) is 0 Å². The van der Waals surface area contributed by atoms with Crippen LogP contribution < -0.4 is 0 Å². The summed E-state index contributed by atoms with van der Waals surface area (Å²) >= 11 is 3.67. The Labute approximate surface area is 95.7 Å². The van der Waals surface area contributed by atoms with Gasteiger partial charge in [-0.3, -0.25) is 0 Å². The Morgan fingerprint density at radius 1 is 1.14 bits per heavy atom. The Bertz CT molecular complexity index is 171. The van der Waals surface area contributed by atoms with Crippen molar-refractivity contribution in [3.63, 3.8) is 0 Å². The van der Waals surface area contributed by atoms with E-state index in [-0.39, 0.29) is 0 Å². The maximum absolute atomic E-state index is 5.86. The van der Waals surface area contributed by atoms with Crippen molar-refractivity contribution < 1.29 is 4.74 Å². The first-order valence-corrected chi connectivity index (χ1v) is 7.11. The maximum atomic E-state index is 5.86. The van der Waals surface area contributed by atoms with Gasteiger partial charge in [0.05, 0.1) is 6.61 Å². The molecule has 2 saturated carbocycles. The van der Waals surface area contributed by atoms with Gasteiger partial charge in [0, 0.05) is 17.4 Å². The number of hydrogen-bond acceptors (Lipinski definition) is 1. The van der Waals surface area contributed by atoms with Gasteiger partial charge in [0.1, 0.15) is 0 Å². The van der Waals surface area contributed by atoms with Crippen LogP contribution in [0.5, 0.6) is 0 Å². The second kappa shape index (κ2) is 4.98. The third-order valence-corrected chi connectivity index (χ3v) is 4.85. The minimum Gasteiger partial charge on any atom is -0.381 e. The zero-order valence-corrected chi connectivity index (χ0v) is 10.5. The summed E-state index contributed by atoms with van der Waals surface area (Å²) in [4.78, 5) is 0. The molecule has 0 radical (unpaired) electrons. The molecule has 0 unspecified atom stereocenters. The lowest BCUT2D eigenvalue weighted by molar-refractivity contribution is 0.0299. The van der Waals surface area contributed by atoms with Crippen molar-refractivity contribution in [2.45, 2.75) is 44.9 Å². The third-order valence-electron chi connectivity index (χ3n) is 3.66. The minimum absolute atomic E-state index is 0.479. The molecule has 2 aliphatic carbocycles. The highest BCUT2D eigenvalue weighted by atomic mass is 79.9. The highest BCUT2D eigenvalue weighted by Gasteiger charge is 2.32. The van der Waals surface area contributed by atoms with Crippen molar-refractivity contribution in [3.05, 3.63) is 0 Å². The number of alkyl halides is 1. The standard InChI is InChI=1S/C12H21BrO/c13-9-12(6-2-1-3-7-12)10-14-8-11-4-5-11/h11H,1-10H2. The molecule has 0 bridgehead atoms. The van der Waals surface area contributed by atoms with Crippen LogP contribution in [-0.4, -0.2) is 18.5 Å². The quantitative estimate of drug-likeness (QED) is 0.685. The first kappa shape index (κ1) is 10.9. The lowest BCUT2D eigenvalue weighted by atomic mass is 9.76. The SMILES string of the molecule is BrCC1(COCC2CC2)CCCCC1. The van der Waals surface area contributed by atoms with Gasteiger partial charge in [-0.25, -0.2) is 0 Å². The van der Waals surface area contributed by atoms with Crippen molar-refractivity contribution in [2.24, 2.45) is 11.3 Å². The molecule has 0 saturated heterocycles. The van der Waals surface area contributed by atoms with E-state index in [4.69, 9.17) is 4.74 Å². The number of hydrogen-bond donors (Lipinski definition) is 0. The van der Waals surface area contributed by atoms with Crippen LogP contribution in [0, 0.1) is 11.3 Å². The molecule has 0 aliphatic heterocycles. The fraction of sp³-hybridized carbons (Fsp3) is 1.00. The number of rotatable bonds is 5. The average molecular weight is 261 g/mol. The highest BCUT2D eigenvalue weighted by Crippen LogP contribution is 2.38. The summed E-state index contributed by atoms with van der Waals surface area (Å²) < 4.78 is 5.86. The summed E-state index contributed by atoms with van der Waals surface area (Å²) in [7, 11) is 0. The summed E-state index contributed by atoms with van der Waals surface area (Å²) in [6, 6.07) is 0. The number of halogens is 1. The van der Waals surface area contributed by atoms with E-state index in [0.717, 1.165) is 24.5 Å². The van der Waals surface area contributed by atoms with E-state index >= 15 is 0 Å². The molecular formula is C12H21BrO. The molecule has 0 spiro atoms. The second-order valence-corrected chi connectivity index (χ2v) is 5.71. The van der Waals surface area contributed by atoms with Gasteiger partial charge in [0.2, 0.25) is 0 Å². The van der Waals surface area contributed by atoms with Crippen LogP contribution in [0.25, 0.3) is 0 Å². The third kappa shape index (κ3) is 2.96. The van der Waals surface area contributed by atoms with E-state index in [0.29, 0.717) is 5.41 Å². The molecule has 82 valence electrons. The molecule has 0 aromatic carbocycles. The summed E-state index contributed by atoms with van der Waals surface area (Å²) in [5.74, 6) is 0.908. The van der Waals surface area contributed by atoms with Gasteiger partial charge in [-0.1, -0.05) is 35.2 Å². The zero-order valence-electron chi connectivity index (χ0n) is 8.93. The Morgan fingerprint density at radius 3 is 2.43 bits per heavy atom. The molecular weight excluding hydrogens is 240 g/mol. The monoisotopic (exact) mass is 260 g/mol. The molecule has 2 fully saturated rings. The second-order valence-electron chi connectivity index (χ2n) is 5.15. The fourth-order valence-electron chi connectivity index (χ4n) is 2.34. The zero-order chi connectivity index (χ0) is 9.86. The molecule has 0 atom stereocenters. The Balaban J connectivity index is 1.71. The van der Waals surface area contributed by atoms with Gasteiger partial charge < -0.3 is 4.74 Å². The van der Waals surface area contributed by atoms with Crippen molar-refractivity contribution in [3.8, 4) is 0 Å². The molecule has 0 heterocycles. The van der Waals surface area contributed by atoms with E-state index in [1.807, 2.05) is 0 Å². The van der Waals surface area contributed by atoms with E-state index < -0.39 is 0 Å². The van der Waals surface area contributed by atoms with E-state index in [9.17, 15) is 0 Å². The lowest BCUT2D eigenvalue weighted by Gasteiger charge is -2.35. The molecule has 1 nitrogen and oxygen atoms in total. The predicted octanol–water partition coefficient (Wildman–Crippen LogP) is 3.76. The summed E-state index contributed by atoms with van der Waals surface area (Å²) in [6.45, 7) is 2.02. The van der Waals surface area contributed by atoms with Gasteiger partial charge >= 0.3 is 0 Å². The largest absolute Gasteiger partial charge is 0.381 e. The van der Waals surface area contributed by atoms with Crippen LogP contribution in [0.1, 0.15) is 44.9 Å². The normalized spacial score (nSPS) is 26.4. The van der Waals surface area contributed by atoms with Gasteiger partial charge in [-0.15, -0.1) is 0 Å². The van der Waals surface area contributed by atoms with Gasteiger partial charge in [-0.05, 0) is 31.6 Å². The van der Waals surface area contributed by atoms with Crippen LogP contribution in [0.4, 0.5) is 0 Å². The molecule has 14 heavy (non-hydrogen) atoms. The van der Waals surface area contributed by atoms with Gasteiger partial charge in [0.15, 0.2) is 0 Å². The smallest absolute Gasteiger partial charge is 0.0530 e. The first-order valence-electron chi connectivity index (χ1n) is 5.98. The average Bonchev–Trinajstić information content (AvgIpc) is 3.03. The van der Waals surface area contributed by atoms with E-state index in [1.54, 1.807) is 0 Å². The molecule has 0 amide bonds. The molecule has 0 N–H and O–H groups in total. The predicted molar refractivity (Wildman–Crippen MR) is 62.9 cm³/mol. The molecule has 0 aromatic heterocycles. The molecule has 2 heteroatoms. The summed E-state index contributed by atoms with van der Waals surface area (Å²) in [6.07, 6.45) is 9.77. The van der Waals surface area contributed by atoms with Crippen molar-refractivity contribution in [1.82, 2.24) is 0 Å². The van der Waals surface area contributed by atoms with Gasteiger partial charge in [0.25, 0.3) is 0 Å². The molecule has 2 rings (SSSR count). The maximum Gasteiger partial charge on any atom is 0.0530 e. The van der Waals surface area contributed by atoms with Crippen LogP contribution >= 0.6 is 15.9 Å². The van der Waals surface area contributed by atoms with E-state index in [1.165, 1.54) is 44.9 Å². The van der Waals surface area contributed by atoms with E-state index in [2.05, 4.69) is 15.9 Å². The Morgan fingerprint density at radius 2 is 1.86 bits per heavy atom. The van der Waals surface area contributed by atoms with Crippen LogP contribution in [0.2, 0.25) is 0 Å². The fourth-order valence-corrected chi connectivity index (χ4v) is 3.07. The molecule has 2 aliphatic rings. The van der Waals surface area contributed by atoms with Crippen molar-refractivity contribution >= 4 is 15.9 Å². The van der Waals surface area contributed by atoms with Gasteiger partial charge in [-0.2, -0.15) is 0 Å². The topological polar surface area (TPSA) is 9.23 Å². The van der Waals surface area contributed by atoms with Crippen LogP contribution in [0.15, 0.2) is 0 Å².